The third-order valence-corrected chi connectivity index (χ3v) is 0.969. The number of hydrogen-bond donors (Lipinski definition) is 0. The SMILES string of the molecule is [B]C[B]B(C)I. The lowest BCUT2D eigenvalue weighted by atomic mass is 9.36. The van der Waals surface area contributed by atoms with E-state index in [2.05, 4.69) is 36.4 Å². The molecule has 0 aliphatic heterocycles. The second kappa shape index (κ2) is 4.09. The van der Waals surface area contributed by atoms with Gasteiger partial charge in [0.05, 0.1) is 15.0 Å². The van der Waals surface area contributed by atoms with Crippen molar-refractivity contribution in [2.45, 2.75) is 13.0 Å². The molecule has 0 heterocycles. The van der Waals surface area contributed by atoms with Crippen LogP contribution in [0.1, 0.15) is 0 Å². The largest absolute Gasteiger partial charge is 0.173 e. The molecule has 4 heteroatoms. The molecule has 0 aliphatic rings. The zero-order valence-corrected chi connectivity index (χ0v) is 5.97. The Balaban J connectivity index is 2.63. The summed E-state index contributed by atoms with van der Waals surface area (Å²) in [5.74, 6) is 0. The van der Waals surface area contributed by atoms with Crippen molar-refractivity contribution in [3.8, 4) is 0 Å². The molecule has 0 nitrogen and oxygen atoms in total. The molecule has 0 unspecified atom stereocenters. The molecule has 0 rings (SSSR count). The average Bonchev–Trinajstić information content (AvgIpc) is 1.35. The summed E-state index contributed by atoms with van der Waals surface area (Å²) in [6.45, 7) is 2.10. The Morgan fingerprint density at radius 3 is 2.50 bits per heavy atom. The van der Waals surface area contributed by atoms with Crippen molar-refractivity contribution < 1.29 is 0 Å². The standard InChI is InChI=1S/C2H5B3I/c1-5(6)4-2-3/h2H2,1H3. The molecule has 29 valence electrons. The zero-order valence-electron chi connectivity index (χ0n) is 3.82. The summed E-state index contributed by atoms with van der Waals surface area (Å²) in [4.78, 5) is 0. The fourth-order valence-corrected chi connectivity index (χ4v) is 0.481. The molecule has 3 radical (unpaired) electrons. The molecule has 6 heavy (non-hydrogen) atoms. The summed E-state index contributed by atoms with van der Waals surface area (Å²) in [7, 11) is 7.23. The molecular weight excluding hydrogens is 183 g/mol. The Kier molecular flexibility index (Phi) is 4.72. The normalized spacial score (nSPS) is 7.67. The quantitative estimate of drug-likeness (QED) is 0.444. The summed E-state index contributed by atoms with van der Waals surface area (Å²) in [5.41, 5.74) is 0. The van der Waals surface area contributed by atoms with E-state index in [-0.39, 0.29) is 0 Å². The number of hydrogen-bond acceptors (Lipinski definition) is 0. The zero-order chi connectivity index (χ0) is 4.99. The fourth-order valence-electron chi connectivity index (χ4n) is 0.188. The van der Waals surface area contributed by atoms with Gasteiger partial charge in [0.15, 0.2) is 4.46 Å². The van der Waals surface area contributed by atoms with Crippen LogP contribution in [0.15, 0.2) is 0 Å². The molecule has 0 amide bonds. The van der Waals surface area contributed by atoms with E-state index in [1.54, 1.807) is 0 Å². The van der Waals surface area contributed by atoms with Crippen molar-refractivity contribution in [2.75, 3.05) is 0 Å². The highest BCUT2D eigenvalue weighted by Crippen LogP contribution is 1.89. The van der Waals surface area contributed by atoms with Crippen molar-refractivity contribution in [3.05, 3.63) is 0 Å². The molecule has 0 aromatic heterocycles. The van der Waals surface area contributed by atoms with Crippen molar-refractivity contribution in [1.82, 2.24) is 0 Å². The minimum absolute atomic E-state index is 0.618. The Hall–Kier alpha value is 0.925. The van der Waals surface area contributed by atoms with Crippen LogP contribution in [0.25, 0.3) is 0 Å². The second-order valence-electron chi connectivity index (χ2n) is 1.15. The Labute approximate surface area is 55.0 Å². The van der Waals surface area contributed by atoms with Gasteiger partial charge in [-0.2, -0.15) is 22.4 Å². The highest BCUT2D eigenvalue weighted by Gasteiger charge is 1.95. The average molecular weight is 188 g/mol. The van der Waals surface area contributed by atoms with Gasteiger partial charge < -0.3 is 0 Å². The van der Waals surface area contributed by atoms with Crippen molar-refractivity contribution in [1.29, 1.82) is 0 Å². The lowest BCUT2D eigenvalue weighted by molar-refractivity contribution is 2.10. The lowest BCUT2D eigenvalue weighted by Gasteiger charge is -1.86. The van der Waals surface area contributed by atoms with E-state index in [1.165, 1.54) is 0 Å². The Morgan fingerprint density at radius 1 is 2.00 bits per heavy atom. The van der Waals surface area contributed by atoms with Gasteiger partial charge in [-0.15, -0.1) is 6.22 Å². The van der Waals surface area contributed by atoms with Gasteiger partial charge in [-0.3, -0.25) is 0 Å². The smallest absolute Gasteiger partial charge is 0.161 e. The van der Waals surface area contributed by atoms with E-state index >= 15 is 0 Å². The first-order chi connectivity index (χ1) is 2.77. The third kappa shape index (κ3) is 4.92. The molecule has 0 N–H and O–H groups in total. The van der Waals surface area contributed by atoms with Crippen LogP contribution in [-0.4, -0.2) is 19.5 Å². The first kappa shape index (κ1) is 6.92. The monoisotopic (exact) mass is 189 g/mol. The van der Waals surface area contributed by atoms with Gasteiger partial charge in [0.2, 0.25) is 0 Å². The van der Waals surface area contributed by atoms with Crippen molar-refractivity contribution in [3.63, 3.8) is 0 Å². The van der Waals surface area contributed by atoms with Crippen LogP contribution in [0.5, 0.6) is 0 Å². The summed E-state index contributed by atoms with van der Waals surface area (Å²) in [5, 5.41) is 0. The van der Waals surface area contributed by atoms with Crippen molar-refractivity contribution >= 4 is 41.9 Å². The Bertz CT molecular complexity index is 30.0. The topological polar surface area (TPSA) is 0 Å². The van der Waals surface area contributed by atoms with Gasteiger partial charge in [0, 0.05) is 0 Å². The van der Waals surface area contributed by atoms with E-state index in [0.717, 1.165) is 0 Å². The predicted octanol–water partition coefficient (Wildman–Crippen LogP) is 0.788. The maximum Gasteiger partial charge on any atom is 0.173 e. The Morgan fingerprint density at radius 2 is 2.50 bits per heavy atom. The van der Waals surface area contributed by atoms with Crippen LogP contribution in [0.4, 0.5) is 0 Å². The van der Waals surface area contributed by atoms with Crippen LogP contribution < -0.4 is 0 Å². The first-order valence-corrected chi connectivity index (χ1v) is 3.19. The lowest BCUT2D eigenvalue weighted by Crippen LogP contribution is -2.07. The summed E-state index contributed by atoms with van der Waals surface area (Å²) >= 11 is 2.31. The highest BCUT2D eigenvalue weighted by molar-refractivity contribution is 14.1. The summed E-state index contributed by atoms with van der Waals surface area (Å²) in [6, 6.07) is 0. The summed E-state index contributed by atoms with van der Waals surface area (Å²) in [6.07, 6.45) is 0.699. The number of halogens is 1. The van der Waals surface area contributed by atoms with Crippen LogP contribution >= 0.6 is 22.4 Å². The van der Waals surface area contributed by atoms with Crippen LogP contribution in [0.3, 0.4) is 0 Å². The molecule has 0 fully saturated rings. The molecule has 0 aromatic rings. The minimum Gasteiger partial charge on any atom is -0.161 e. The van der Waals surface area contributed by atoms with Crippen LogP contribution in [0, 0.1) is 0 Å². The van der Waals surface area contributed by atoms with E-state index in [0.29, 0.717) is 10.7 Å². The van der Waals surface area contributed by atoms with Gasteiger partial charge in [0.25, 0.3) is 0 Å². The van der Waals surface area contributed by atoms with Crippen LogP contribution in [0.2, 0.25) is 13.0 Å². The molecule has 0 aromatic carbocycles. The predicted molar refractivity (Wildman–Crippen MR) is 42.0 cm³/mol. The maximum atomic E-state index is 5.17. The molecule has 0 atom stereocenters. The fraction of sp³-hybridized carbons (Fsp3) is 1.00. The van der Waals surface area contributed by atoms with Gasteiger partial charge >= 0.3 is 0 Å². The molecule has 0 bridgehead atoms. The molecule has 0 saturated carbocycles. The highest BCUT2D eigenvalue weighted by atomic mass is 127. The molecule has 0 spiro atoms. The maximum absolute atomic E-state index is 5.17. The van der Waals surface area contributed by atoms with E-state index in [9.17, 15) is 0 Å². The number of rotatable bonds is 2. The van der Waals surface area contributed by atoms with Crippen molar-refractivity contribution in [2.24, 2.45) is 0 Å². The first-order valence-electron chi connectivity index (χ1n) is 1.95. The minimum atomic E-state index is 0.618. The van der Waals surface area contributed by atoms with Crippen LogP contribution in [-0.2, 0) is 0 Å². The van der Waals surface area contributed by atoms with E-state index < -0.39 is 0 Å². The second-order valence-corrected chi connectivity index (χ2v) is 3.11. The van der Waals surface area contributed by atoms with Gasteiger partial charge in [-0.05, 0) is 0 Å². The molecule has 0 saturated heterocycles. The third-order valence-electron chi connectivity index (χ3n) is 0.461. The van der Waals surface area contributed by atoms with Gasteiger partial charge in [-0.25, -0.2) is 0 Å². The molecular formula is C2H5B3I. The van der Waals surface area contributed by atoms with E-state index in [1.807, 2.05) is 0 Å². The molecule has 0 aliphatic carbocycles. The van der Waals surface area contributed by atoms with E-state index in [4.69, 9.17) is 7.85 Å². The van der Waals surface area contributed by atoms with Gasteiger partial charge in [-0.1, -0.05) is 6.82 Å². The van der Waals surface area contributed by atoms with Gasteiger partial charge in [0.1, 0.15) is 0 Å². The summed E-state index contributed by atoms with van der Waals surface area (Å²) < 4.78 is 0.618.